The molecule has 92 valence electrons. The first-order valence-corrected chi connectivity index (χ1v) is 5.61. The van der Waals surface area contributed by atoms with Crippen molar-refractivity contribution in [1.82, 2.24) is 0 Å². The lowest BCUT2D eigenvalue weighted by Crippen LogP contribution is -1.89. The van der Waals surface area contributed by atoms with Gasteiger partial charge in [-0.3, -0.25) is 4.79 Å². The third kappa shape index (κ3) is 2.51. The van der Waals surface area contributed by atoms with Gasteiger partial charge in [0.2, 0.25) is 0 Å². The van der Waals surface area contributed by atoms with Crippen LogP contribution in [0.3, 0.4) is 0 Å². The van der Waals surface area contributed by atoms with Gasteiger partial charge in [0.25, 0.3) is 0 Å². The van der Waals surface area contributed by atoms with Crippen molar-refractivity contribution in [2.45, 2.75) is 0 Å². The van der Waals surface area contributed by atoms with E-state index in [0.717, 1.165) is 6.29 Å². The molecular formula is C14H10ClFO2. The molecule has 2 rings (SSSR count). The number of methoxy groups -OCH3 is 1. The Hall–Kier alpha value is -1.87. The van der Waals surface area contributed by atoms with Gasteiger partial charge in [-0.1, -0.05) is 17.7 Å². The van der Waals surface area contributed by atoms with Gasteiger partial charge in [-0.2, -0.15) is 0 Å². The SMILES string of the molecule is COc1cc(C=O)cc(-c2ccc(Cl)c(F)c2)c1. The van der Waals surface area contributed by atoms with E-state index in [0.29, 0.717) is 22.4 Å². The Bertz CT molecular complexity index is 596. The maximum absolute atomic E-state index is 13.4. The van der Waals surface area contributed by atoms with Crippen molar-refractivity contribution in [3.05, 3.63) is 52.8 Å². The normalized spacial score (nSPS) is 10.2. The van der Waals surface area contributed by atoms with E-state index in [4.69, 9.17) is 16.3 Å². The van der Waals surface area contributed by atoms with E-state index < -0.39 is 5.82 Å². The molecule has 0 aliphatic rings. The molecular weight excluding hydrogens is 255 g/mol. The Kier molecular flexibility index (Phi) is 3.63. The van der Waals surface area contributed by atoms with Crippen LogP contribution in [0.15, 0.2) is 36.4 Å². The van der Waals surface area contributed by atoms with Gasteiger partial charge in [-0.25, -0.2) is 4.39 Å². The molecule has 0 heterocycles. The zero-order chi connectivity index (χ0) is 13.1. The number of aldehydes is 1. The Morgan fingerprint density at radius 3 is 2.56 bits per heavy atom. The van der Waals surface area contributed by atoms with Crippen LogP contribution < -0.4 is 4.74 Å². The van der Waals surface area contributed by atoms with Gasteiger partial charge in [-0.15, -0.1) is 0 Å². The Morgan fingerprint density at radius 1 is 1.17 bits per heavy atom. The second kappa shape index (κ2) is 5.19. The number of hydrogen-bond donors (Lipinski definition) is 0. The average molecular weight is 265 g/mol. The Labute approximate surface area is 109 Å². The number of carbonyl (C=O) groups excluding carboxylic acids is 1. The van der Waals surface area contributed by atoms with Crippen molar-refractivity contribution in [2.24, 2.45) is 0 Å². The van der Waals surface area contributed by atoms with Crippen molar-refractivity contribution in [2.75, 3.05) is 7.11 Å². The monoisotopic (exact) mass is 264 g/mol. The van der Waals surface area contributed by atoms with Crippen molar-refractivity contribution in [3.63, 3.8) is 0 Å². The molecule has 0 atom stereocenters. The summed E-state index contributed by atoms with van der Waals surface area (Å²) in [7, 11) is 1.51. The fourth-order valence-electron chi connectivity index (χ4n) is 1.65. The number of hydrogen-bond acceptors (Lipinski definition) is 2. The highest BCUT2D eigenvalue weighted by Gasteiger charge is 2.06. The quantitative estimate of drug-likeness (QED) is 0.784. The van der Waals surface area contributed by atoms with Crippen LogP contribution in [0.25, 0.3) is 11.1 Å². The Balaban J connectivity index is 2.55. The molecule has 0 saturated heterocycles. The number of carbonyl (C=O) groups is 1. The number of halogens is 2. The fourth-order valence-corrected chi connectivity index (χ4v) is 1.77. The summed E-state index contributed by atoms with van der Waals surface area (Å²) in [5, 5.41) is 0.0669. The van der Waals surface area contributed by atoms with Crippen molar-refractivity contribution >= 4 is 17.9 Å². The van der Waals surface area contributed by atoms with Gasteiger partial charge in [0.1, 0.15) is 17.9 Å². The third-order valence-corrected chi connectivity index (χ3v) is 2.86. The molecule has 0 amide bonds. The van der Waals surface area contributed by atoms with E-state index in [-0.39, 0.29) is 5.02 Å². The molecule has 0 radical (unpaired) electrons. The van der Waals surface area contributed by atoms with Crippen LogP contribution in [0.1, 0.15) is 10.4 Å². The minimum Gasteiger partial charge on any atom is -0.497 e. The van der Waals surface area contributed by atoms with E-state index in [2.05, 4.69) is 0 Å². The largest absolute Gasteiger partial charge is 0.497 e. The van der Waals surface area contributed by atoms with Crippen LogP contribution in [-0.2, 0) is 0 Å². The number of rotatable bonds is 3. The van der Waals surface area contributed by atoms with Crippen LogP contribution in [0.5, 0.6) is 5.75 Å². The predicted molar refractivity (Wildman–Crippen MR) is 68.8 cm³/mol. The maximum Gasteiger partial charge on any atom is 0.150 e. The van der Waals surface area contributed by atoms with Crippen LogP contribution in [0.4, 0.5) is 4.39 Å². The first-order valence-electron chi connectivity index (χ1n) is 5.23. The molecule has 0 fully saturated rings. The lowest BCUT2D eigenvalue weighted by atomic mass is 10.0. The molecule has 2 nitrogen and oxygen atoms in total. The second-order valence-electron chi connectivity index (χ2n) is 3.74. The number of ether oxygens (including phenoxy) is 1. The zero-order valence-corrected chi connectivity index (χ0v) is 10.4. The van der Waals surface area contributed by atoms with E-state index in [9.17, 15) is 9.18 Å². The van der Waals surface area contributed by atoms with Crippen LogP contribution in [0, 0.1) is 5.82 Å². The molecule has 0 saturated carbocycles. The van der Waals surface area contributed by atoms with Gasteiger partial charge < -0.3 is 4.74 Å². The van der Waals surface area contributed by atoms with E-state index >= 15 is 0 Å². The van der Waals surface area contributed by atoms with Gasteiger partial charge in [0.15, 0.2) is 0 Å². The van der Waals surface area contributed by atoms with E-state index in [1.54, 1.807) is 24.3 Å². The fraction of sp³-hybridized carbons (Fsp3) is 0.0714. The zero-order valence-electron chi connectivity index (χ0n) is 9.61. The average Bonchev–Trinajstić information content (AvgIpc) is 2.41. The summed E-state index contributed by atoms with van der Waals surface area (Å²) in [6, 6.07) is 9.50. The minimum absolute atomic E-state index is 0.0669. The summed E-state index contributed by atoms with van der Waals surface area (Å²) >= 11 is 5.63. The molecule has 0 aliphatic carbocycles. The van der Waals surface area contributed by atoms with Crippen molar-refractivity contribution in [1.29, 1.82) is 0 Å². The van der Waals surface area contributed by atoms with Gasteiger partial charge in [0, 0.05) is 5.56 Å². The molecule has 18 heavy (non-hydrogen) atoms. The summed E-state index contributed by atoms with van der Waals surface area (Å²) in [5.74, 6) is 0.0506. The summed E-state index contributed by atoms with van der Waals surface area (Å²) in [4.78, 5) is 10.8. The first kappa shape index (κ1) is 12.6. The molecule has 0 spiro atoms. The molecule has 2 aromatic rings. The highest BCUT2D eigenvalue weighted by molar-refractivity contribution is 6.30. The lowest BCUT2D eigenvalue weighted by Gasteiger charge is -2.07. The molecule has 0 aromatic heterocycles. The highest BCUT2D eigenvalue weighted by Crippen LogP contribution is 2.28. The topological polar surface area (TPSA) is 26.3 Å². The van der Waals surface area contributed by atoms with E-state index in [1.165, 1.54) is 19.2 Å². The molecule has 0 N–H and O–H groups in total. The molecule has 0 unspecified atom stereocenters. The Morgan fingerprint density at radius 2 is 1.94 bits per heavy atom. The molecule has 4 heteroatoms. The standard InChI is InChI=1S/C14H10ClFO2/c1-18-12-5-9(8-17)4-11(6-12)10-2-3-13(15)14(16)7-10/h2-8H,1H3. The summed E-state index contributed by atoms with van der Waals surface area (Å²) in [5.41, 5.74) is 1.81. The second-order valence-corrected chi connectivity index (χ2v) is 4.15. The molecule has 2 aromatic carbocycles. The van der Waals surface area contributed by atoms with Gasteiger partial charge in [-0.05, 0) is 41.5 Å². The lowest BCUT2D eigenvalue weighted by molar-refractivity contribution is 0.112. The van der Waals surface area contributed by atoms with E-state index in [1.807, 2.05) is 0 Å². The smallest absolute Gasteiger partial charge is 0.150 e. The summed E-state index contributed by atoms with van der Waals surface area (Å²) < 4.78 is 18.5. The van der Waals surface area contributed by atoms with Crippen LogP contribution in [0.2, 0.25) is 5.02 Å². The molecule has 0 bridgehead atoms. The van der Waals surface area contributed by atoms with Crippen molar-refractivity contribution < 1.29 is 13.9 Å². The third-order valence-electron chi connectivity index (χ3n) is 2.55. The predicted octanol–water partition coefficient (Wildman–Crippen LogP) is 3.97. The van der Waals surface area contributed by atoms with Gasteiger partial charge >= 0.3 is 0 Å². The number of benzene rings is 2. The maximum atomic E-state index is 13.4. The summed E-state index contributed by atoms with van der Waals surface area (Å²) in [6.45, 7) is 0. The molecule has 0 aliphatic heterocycles. The van der Waals surface area contributed by atoms with Crippen LogP contribution >= 0.6 is 11.6 Å². The minimum atomic E-state index is -0.496. The van der Waals surface area contributed by atoms with Crippen molar-refractivity contribution in [3.8, 4) is 16.9 Å². The highest BCUT2D eigenvalue weighted by atomic mass is 35.5. The van der Waals surface area contributed by atoms with Gasteiger partial charge in [0.05, 0.1) is 12.1 Å². The van der Waals surface area contributed by atoms with Crippen LogP contribution in [-0.4, -0.2) is 13.4 Å². The summed E-state index contributed by atoms with van der Waals surface area (Å²) in [6.07, 6.45) is 0.721. The first-order chi connectivity index (χ1) is 8.63.